The highest BCUT2D eigenvalue weighted by Crippen LogP contribution is 2.22. The number of hydrogen-bond donors (Lipinski definition) is 4. The molecule has 0 spiro atoms. The molecule has 0 aliphatic carbocycles. The zero-order valence-corrected chi connectivity index (χ0v) is 23.9. The van der Waals surface area contributed by atoms with Gasteiger partial charge in [0.2, 0.25) is 0 Å². The summed E-state index contributed by atoms with van der Waals surface area (Å²) in [6.45, 7) is 7.17. The van der Waals surface area contributed by atoms with Crippen molar-refractivity contribution in [3.63, 3.8) is 0 Å². The van der Waals surface area contributed by atoms with Crippen LogP contribution in [-0.2, 0) is 38.0 Å². The van der Waals surface area contributed by atoms with E-state index < -0.39 is 0 Å². The Labute approximate surface area is 238 Å². The Kier molecular flexibility index (Phi) is 14.4. The molecule has 0 amide bonds. The largest absolute Gasteiger partial charge is 0.466 e. The van der Waals surface area contributed by atoms with Crippen molar-refractivity contribution in [2.75, 3.05) is 65.8 Å². The number of nitrogens with one attached hydrogen (secondary N) is 4. The number of carbonyl (C=O) groups is 2. The Balaban J connectivity index is 1.07. The van der Waals surface area contributed by atoms with Crippen LogP contribution in [0.2, 0.25) is 0 Å². The summed E-state index contributed by atoms with van der Waals surface area (Å²) in [5, 5.41) is 13.7. The van der Waals surface area contributed by atoms with E-state index in [-0.39, 0.29) is 61.5 Å². The topological polar surface area (TPSA) is 138 Å². The zero-order valence-electron chi connectivity index (χ0n) is 23.9. The quantitative estimate of drug-likeness (QED) is 0.165. The van der Waals surface area contributed by atoms with Gasteiger partial charge in [-0.1, -0.05) is 0 Å². The van der Waals surface area contributed by atoms with Crippen molar-refractivity contribution in [3.8, 4) is 0 Å². The lowest BCUT2D eigenvalue weighted by molar-refractivity contribution is -0.149. The normalized spacial score (nSPS) is 29.3. The molecule has 0 aromatic heterocycles. The molecule has 0 bridgehead atoms. The summed E-state index contributed by atoms with van der Waals surface area (Å²) in [5.41, 5.74) is 0. The number of esters is 2. The summed E-state index contributed by atoms with van der Waals surface area (Å²) in [4.78, 5) is 24.6. The van der Waals surface area contributed by atoms with Gasteiger partial charge in [-0.3, -0.25) is 30.9 Å². The lowest BCUT2D eigenvalue weighted by Gasteiger charge is -2.38. The third kappa shape index (κ3) is 10.8. The molecule has 0 radical (unpaired) electrons. The maximum absolute atomic E-state index is 12.3. The van der Waals surface area contributed by atoms with E-state index >= 15 is 0 Å². The van der Waals surface area contributed by atoms with Crippen LogP contribution in [0.4, 0.5) is 0 Å². The SMILES string of the molecule is O=C(CCCCC(=O)OCCC(C1NCCCO1)C1NCCCO1)OCCC(C1NCCCO1)C1NCCCO1. The molecule has 0 saturated carbocycles. The van der Waals surface area contributed by atoms with E-state index in [4.69, 9.17) is 28.4 Å². The standard InChI is InChI=1S/C28H50N4O8/c33-23(35-19-9-21(25-29-11-3-15-37-25)26-30-12-4-16-38-26)7-1-2-8-24(34)36-20-10-22(27-31-13-5-17-39-27)28-32-14-6-18-40-28/h21-22,25-32H,1-20H2. The maximum Gasteiger partial charge on any atom is 0.305 e. The molecule has 4 N–H and O–H groups in total. The molecule has 4 fully saturated rings. The van der Waals surface area contributed by atoms with Crippen molar-refractivity contribution in [1.82, 2.24) is 21.3 Å². The zero-order chi connectivity index (χ0) is 27.8. The van der Waals surface area contributed by atoms with Crippen molar-refractivity contribution >= 4 is 11.9 Å². The Morgan fingerprint density at radius 3 is 1.18 bits per heavy atom. The first-order valence-corrected chi connectivity index (χ1v) is 15.4. The molecule has 4 aliphatic heterocycles. The highest BCUT2D eigenvalue weighted by molar-refractivity contribution is 5.70. The van der Waals surface area contributed by atoms with Gasteiger partial charge < -0.3 is 28.4 Å². The van der Waals surface area contributed by atoms with Crippen molar-refractivity contribution in [2.45, 2.75) is 89.1 Å². The molecular weight excluding hydrogens is 520 g/mol. The van der Waals surface area contributed by atoms with Gasteiger partial charge in [0.25, 0.3) is 0 Å². The van der Waals surface area contributed by atoms with Gasteiger partial charge in [-0.15, -0.1) is 0 Å². The fourth-order valence-electron chi connectivity index (χ4n) is 5.67. The van der Waals surface area contributed by atoms with Crippen LogP contribution in [0, 0.1) is 11.8 Å². The van der Waals surface area contributed by atoms with Gasteiger partial charge in [0.1, 0.15) is 24.9 Å². The first-order chi connectivity index (χ1) is 19.7. The number of carbonyl (C=O) groups excluding carboxylic acids is 2. The highest BCUT2D eigenvalue weighted by atomic mass is 16.5. The Hall–Kier alpha value is -1.38. The lowest BCUT2D eigenvalue weighted by atomic mass is 9.99. The van der Waals surface area contributed by atoms with E-state index in [2.05, 4.69) is 21.3 Å². The third-order valence-electron chi connectivity index (χ3n) is 7.85. The van der Waals surface area contributed by atoms with Crippen LogP contribution >= 0.6 is 0 Å². The second kappa shape index (κ2) is 18.2. The van der Waals surface area contributed by atoms with Crippen LogP contribution in [0.3, 0.4) is 0 Å². The van der Waals surface area contributed by atoms with Crippen molar-refractivity contribution < 1.29 is 38.0 Å². The Morgan fingerprint density at radius 1 is 0.575 bits per heavy atom. The van der Waals surface area contributed by atoms with Gasteiger partial charge in [0, 0.05) is 51.1 Å². The lowest BCUT2D eigenvalue weighted by Crippen LogP contribution is -2.54. The summed E-state index contributed by atoms with van der Waals surface area (Å²) in [5.74, 6) is -0.373. The minimum Gasteiger partial charge on any atom is -0.466 e. The van der Waals surface area contributed by atoms with Crippen LogP contribution in [0.25, 0.3) is 0 Å². The van der Waals surface area contributed by atoms with Gasteiger partial charge in [0.15, 0.2) is 0 Å². The minimum absolute atomic E-state index is 0.0590. The smallest absolute Gasteiger partial charge is 0.305 e. The van der Waals surface area contributed by atoms with E-state index in [0.717, 1.165) is 78.3 Å². The number of ether oxygens (including phenoxy) is 6. The van der Waals surface area contributed by atoms with Gasteiger partial charge in [0.05, 0.1) is 13.2 Å². The predicted octanol–water partition coefficient (Wildman–Crippen LogP) is 0.990. The molecule has 12 nitrogen and oxygen atoms in total. The molecule has 0 aromatic rings. The van der Waals surface area contributed by atoms with Crippen LogP contribution in [0.15, 0.2) is 0 Å². The molecule has 4 heterocycles. The van der Waals surface area contributed by atoms with Gasteiger partial charge in [-0.05, 0) is 77.5 Å². The van der Waals surface area contributed by atoms with E-state index in [1.54, 1.807) is 0 Å². The summed E-state index contributed by atoms with van der Waals surface area (Å²) in [6.07, 6.45) is 6.56. The van der Waals surface area contributed by atoms with Gasteiger partial charge in [-0.2, -0.15) is 0 Å². The monoisotopic (exact) mass is 570 g/mol. The summed E-state index contributed by atoms with van der Waals surface area (Å²) in [7, 11) is 0. The molecule has 4 rings (SSSR count). The minimum atomic E-state index is -0.245. The highest BCUT2D eigenvalue weighted by Gasteiger charge is 2.34. The van der Waals surface area contributed by atoms with Crippen molar-refractivity contribution in [2.24, 2.45) is 11.8 Å². The van der Waals surface area contributed by atoms with E-state index in [9.17, 15) is 9.59 Å². The number of hydrogen-bond acceptors (Lipinski definition) is 12. The van der Waals surface area contributed by atoms with Crippen LogP contribution in [-0.4, -0.2) is 103 Å². The Bertz CT molecular complexity index is 627. The molecule has 4 unspecified atom stereocenters. The fourth-order valence-corrected chi connectivity index (χ4v) is 5.67. The van der Waals surface area contributed by atoms with E-state index in [1.807, 2.05) is 0 Å². The summed E-state index contributed by atoms with van der Waals surface area (Å²) < 4.78 is 34.7. The summed E-state index contributed by atoms with van der Waals surface area (Å²) >= 11 is 0. The first kappa shape index (κ1) is 31.6. The molecule has 4 atom stereocenters. The van der Waals surface area contributed by atoms with E-state index in [1.165, 1.54) is 0 Å². The number of rotatable bonds is 15. The average Bonchev–Trinajstić information content (AvgIpc) is 3.01. The average molecular weight is 571 g/mol. The molecule has 0 aromatic carbocycles. The molecular formula is C28H50N4O8. The molecule has 40 heavy (non-hydrogen) atoms. The van der Waals surface area contributed by atoms with Crippen molar-refractivity contribution in [3.05, 3.63) is 0 Å². The molecule has 4 aliphatic rings. The van der Waals surface area contributed by atoms with Gasteiger partial charge in [-0.25, -0.2) is 0 Å². The van der Waals surface area contributed by atoms with Crippen molar-refractivity contribution in [1.29, 1.82) is 0 Å². The predicted molar refractivity (Wildman–Crippen MR) is 146 cm³/mol. The third-order valence-corrected chi connectivity index (χ3v) is 7.85. The van der Waals surface area contributed by atoms with E-state index in [0.29, 0.717) is 38.9 Å². The molecule has 230 valence electrons. The molecule has 12 heteroatoms. The second-order valence-electron chi connectivity index (χ2n) is 10.9. The van der Waals surface area contributed by atoms with Gasteiger partial charge >= 0.3 is 11.9 Å². The first-order valence-electron chi connectivity index (χ1n) is 15.4. The molecule has 4 saturated heterocycles. The van der Waals surface area contributed by atoms with Crippen LogP contribution in [0.5, 0.6) is 0 Å². The number of unbranched alkanes of at least 4 members (excludes halogenated alkanes) is 1. The van der Waals surface area contributed by atoms with Crippen LogP contribution in [0.1, 0.15) is 64.2 Å². The van der Waals surface area contributed by atoms with Crippen LogP contribution < -0.4 is 21.3 Å². The Morgan fingerprint density at radius 2 is 0.900 bits per heavy atom. The summed E-state index contributed by atoms with van der Waals surface area (Å²) in [6, 6.07) is 0. The fraction of sp³-hybridized carbons (Fsp3) is 0.929. The maximum atomic E-state index is 12.3. The second-order valence-corrected chi connectivity index (χ2v) is 10.9.